The highest BCUT2D eigenvalue weighted by Gasteiger charge is 2.14. The zero-order chi connectivity index (χ0) is 17.6. The molecule has 0 aliphatic heterocycles. The molecule has 0 fully saturated rings. The fraction of sp³-hybridized carbons (Fsp3) is 0. The molecule has 124 valence electrons. The summed E-state index contributed by atoms with van der Waals surface area (Å²) in [4.78, 5) is 17.9. The van der Waals surface area contributed by atoms with Crippen molar-refractivity contribution in [2.24, 2.45) is 0 Å². The van der Waals surface area contributed by atoms with Gasteiger partial charge >= 0.3 is 0 Å². The average Bonchev–Trinajstić information content (AvgIpc) is 3.20. The summed E-state index contributed by atoms with van der Waals surface area (Å²) in [7, 11) is 0. The van der Waals surface area contributed by atoms with Gasteiger partial charge in [-0.3, -0.25) is 10.1 Å². The van der Waals surface area contributed by atoms with E-state index in [9.17, 15) is 10.1 Å². The van der Waals surface area contributed by atoms with Gasteiger partial charge in [-0.15, -0.1) is 0 Å². The van der Waals surface area contributed by atoms with Crippen LogP contribution >= 0.6 is 27.5 Å². The first-order valence-electron chi connectivity index (χ1n) is 7.21. The molecule has 2 heterocycles. The molecule has 4 aromatic rings. The summed E-state index contributed by atoms with van der Waals surface area (Å²) in [5.41, 5.74) is 1.97. The zero-order valence-electron chi connectivity index (χ0n) is 12.5. The van der Waals surface area contributed by atoms with Crippen molar-refractivity contribution in [1.29, 1.82) is 0 Å². The van der Waals surface area contributed by atoms with Gasteiger partial charge in [0.15, 0.2) is 11.6 Å². The molecule has 1 N–H and O–H groups in total. The first-order chi connectivity index (χ1) is 12.0. The van der Waals surface area contributed by atoms with Crippen LogP contribution in [0, 0.1) is 10.1 Å². The van der Waals surface area contributed by atoms with Gasteiger partial charge < -0.3 is 9.40 Å². The SMILES string of the molecule is O=[N+]([O-])c1ccc2nc(-c3ccc(-c4ccc(Br)cc4Cl)o3)[nH]c2c1. The molecule has 0 saturated heterocycles. The van der Waals surface area contributed by atoms with Crippen molar-refractivity contribution in [2.45, 2.75) is 0 Å². The summed E-state index contributed by atoms with van der Waals surface area (Å²) in [6, 6.07) is 13.6. The number of non-ortho nitro benzene ring substituents is 1. The minimum atomic E-state index is -0.444. The van der Waals surface area contributed by atoms with E-state index in [4.69, 9.17) is 16.0 Å². The monoisotopic (exact) mass is 417 g/mol. The Kier molecular flexibility index (Phi) is 3.82. The number of nitro groups is 1. The largest absolute Gasteiger partial charge is 0.453 e. The maximum absolute atomic E-state index is 10.9. The molecule has 4 rings (SSSR count). The first-order valence-corrected chi connectivity index (χ1v) is 8.38. The van der Waals surface area contributed by atoms with Crippen LogP contribution in [0.4, 0.5) is 5.69 Å². The van der Waals surface area contributed by atoms with Gasteiger partial charge in [-0.2, -0.15) is 0 Å². The number of benzene rings is 2. The predicted molar refractivity (Wildman–Crippen MR) is 98.6 cm³/mol. The van der Waals surface area contributed by atoms with Gasteiger partial charge in [0.25, 0.3) is 5.69 Å². The van der Waals surface area contributed by atoms with Crippen molar-refractivity contribution in [2.75, 3.05) is 0 Å². The van der Waals surface area contributed by atoms with E-state index in [-0.39, 0.29) is 5.69 Å². The van der Waals surface area contributed by atoms with Gasteiger partial charge in [0.05, 0.1) is 21.0 Å². The van der Waals surface area contributed by atoms with Gasteiger partial charge in [0.1, 0.15) is 5.76 Å². The van der Waals surface area contributed by atoms with Crippen LogP contribution in [0.1, 0.15) is 0 Å². The Morgan fingerprint density at radius 2 is 1.92 bits per heavy atom. The second kappa shape index (κ2) is 6.02. The van der Waals surface area contributed by atoms with Crippen LogP contribution in [0.5, 0.6) is 0 Å². The second-order valence-corrected chi connectivity index (χ2v) is 6.65. The van der Waals surface area contributed by atoms with Crippen molar-refractivity contribution < 1.29 is 9.34 Å². The molecule has 0 aliphatic rings. The third-order valence-corrected chi connectivity index (χ3v) is 4.52. The number of rotatable bonds is 3. The molecule has 25 heavy (non-hydrogen) atoms. The number of aromatic amines is 1. The topological polar surface area (TPSA) is 85.0 Å². The van der Waals surface area contributed by atoms with Gasteiger partial charge in [0.2, 0.25) is 0 Å². The Labute approximate surface area is 154 Å². The Morgan fingerprint density at radius 1 is 1.12 bits per heavy atom. The highest BCUT2D eigenvalue weighted by atomic mass is 79.9. The molecule has 0 atom stereocenters. The highest BCUT2D eigenvalue weighted by Crippen LogP contribution is 2.34. The molecular formula is C17H9BrClN3O3. The van der Waals surface area contributed by atoms with Gasteiger partial charge in [-0.25, -0.2) is 4.98 Å². The number of nitro benzene ring substituents is 1. The maximum Gasteiger partial charge on any atom is 0.271 e. The van der Waals surface area contributed by atoms with Crippen LogP contribution in [0.15, 0.2) is 57.4 Å². The predicted octanol–water partition coefficient (Wildman–Crippen LogP) is 5.81. The molecule has 0 spiro atoms. The third-order valence-electron chi connectivity index (χ3n) is 3.71. The van der Waals surface area contributed by atoms with E-state index < -0.39 is 4.92 Å². The van der Waals surface area contributed by atoms with Gasteiger partial charge in [-0.05, 0) is 36.4 Å². The van der Waals surface area contributed by atoms with Crippen LogP contribution < -0.4 is 0 Å². The molecule has 2 aromatic carbocycles. The minimum Gasteiger partial charge on any atom is -0.453 e. The van der Waals surface area contributed by atoms with Gasteiger partial charge in [-0.1, -0.05) is 27.5 Å². The van der Waals surface area contributed by atoms with E-state index in [0.717, 1.165) is 10.0 Å². The minimum absolute atomic E-state index is 0.00415. The van der Waals surface area contributed by atoms with Crippen molar-refractivity contribution in [3.05, 3.63) is 68.1 Å². The average molecular weight is 419 g/mol. The zero-order valence-corrected chi connectivity index (χ0v) is 14.8. The Morgan fingerprint density at radius 3 is 2.68 bits per heavy atom. The quantitative estimate of drug-likeness (QED) is 0.336. The highest BCUT2D eigenvalue weighted by molar-refractivity contribution is 9.10. The molecule has 0 amide bonds. The second-order valence-electron chi connectivity index (χ2n) is 5.33. The standard InChI is InChI=1S/C17H9BrClN3O3/c18-9-1-3-11(12(19)7-9)15-5-6-16(25-15)17-20-13-4-2-10(22(23)24)8-14(13)21-17/h1-8H,(H,20,21). The number of fused-ring (bicyclic) bond motifs is 1. The number of hydrogen-bond donors (Lipinski definition) is 1. The van der Waals surface area contributed by atoms with Crippen LogP contribution in [-0.4, -0.2) is 14.9 Å². The summed E-state index contributed by atoms with van der Waals surface area (Å²) in [5.74, 6) is 1.63. The van der Waals surface area contributed by atoms with E-state index in [2.05, 4.69) is 25.9 Å². The van der Waals surface area contributed by atoms with Gasteiger partial charge in [0, 0.05) is 22.2 Å². The smallest absolute Gasteiger partial charge is 0.271 e. The molecule has 0 bridgehead atoms. The number of nitrogens with zero attached hydrogens (tertiary/aromatic N) is 2. The normalized spacial score (nSPS) is 11.1. The fourth-order valence-corrected chi connectivity index (χ4v) is 3.29. The Hall–Kier alpha value is -2.64. The van der Waals surface area contributed by atoms with Crippen LogP contribution in [0.25, 0.3) is 33.9 Å². The van der Waals surface area contributed by atoms with E-state index in [0.29, 0.717) is 33.4 Å². The number of halogens is 2. The molecule has 2 aromatic heterocycles. The number of aromatic nitrogens is 2. The lowest BCUT2D eigenvalue weighted by Gasteiger charge is -2.01. The van der Waals surface area contributed by atoms with Crippen LogP contribution in [0.3, 0.4) is 0 Å². The molecule has 0 aliphatic carbocycles. The number of nitrogens with one attached hydrogen (secondary N) is 1. The molecule has 6 nitrogen and oxygen atoms in total. The molecule has 0 unspecified atom stereocenters. The molecule has 8 heteroatoms. The summed E-state index contributed by atoms with van der Waals surface area (Å²) < 4.78 is 6.74. The summed E-state index contributed by atoms with van der Waals surface area (Å²) >= 11 is 9.62. The number of H-pyrrole nitrogens is 1. The fourth-order valence-electron chi connectivity index (χ4n) is 2.53. The third kappa shape index (κ3) is 2.92. The molecular weight excluding hydrogens is 410 g/mol. The maximum atomic E-state index is 10.9. The molecule has 0 saturated carbocycles. The van der Waals surface area contributed by atoms with E-state index in [1.165, 1.54) is 12.1 Å². The Bertz CT molecular complexity index is 1120. The van der Waals surface area contributed by atoms with Crippen LogP contribution in [0.2, 0.25) is 5.02 Å². The van der Waals surface area contributed by atoms with Crippen molar-refractivity contribution in [3.8, 4) is 22.9 Å². The lowest BCUT2D eigenvalue weighted by Crippen LogP contribution is -1.86. The Balaban J connectivity index is 1.74. The van der Waals surface area contributed by atoms with E-state index >= 15 is 0 Å². The van der Waals surface area contributed by atoms with Crippen molar-refractivity contribution in [3.63, 3.8) is 0 Å². The van der Waals surface area contributed by atoms with E-state index in [1.54, 1.807) is 24.3 Å². The lowest BCUT2D eigenvalue weighted by molar-refractivity contribution is -0.384. The summed E-state index contributed by atoms with van der Waals surface area (Å²) in [6.07, 6.45) is 0. The number of hydrogen-bond acceptors (Lipinski definition) is 4. The summed E-state index contributed by atoms with van der Waals surface area (Å²) in [5, 5.41) is 11.4. The van der Waals surface area contributed by atoms with Crippen molar-refractivity contribution >= 4 is 44.3 Å². The first kappa shape index (κ1) is 15.9. The lowest BCUT2D eigenvalue weighted by atomic mass is 10.2. The number of furan rings is 1. The molecule has 0 radical (unpaired) electrons. The van der Waals surface area contributed by atoms with Crippen LogP contribution in [-0.2, 0) is 0 Å². The number of imidazole rings is 1. The van der Waals surface area contributed by atoms with Crippen molar-refractivity contribution in [1.82, 2.24) is 9.97 Å². The van der Waals surface area contributed by atoms with E-state index in [1.807, 2.05) is 12.1 Å². The summed E-state index contributed by atoms with van der Waals surface area (Å²) in [6.45, 7) is 0.